The molecular weight excluding hydrogens is 226 g/mol. The van der Waals surface area contributed by atoms with E-state index in [0.29, 0.717) is 17.3 Å². The highest BCUT2D eigenvalue weighted by Crippen LogP contribution is 2.16. The fourth-order valence-electron chi connectivity index (χ4n) is 1.97. The van der Waals surface area contributed by atoms with Gasteiger partial charge in [0, 0.05) is 19.7 Å². The van der Waals surface area contributed by atoms with Gasteiger partial charge in [-0.05, 0) is 19.8 Å². The van der Waals surface area contributed by atoms with Crippen LogP contribution < -0.4 is 5.32 Å². The van der Waals surface area contributed by atoms with Gasteiger partial charge in [-0.25, -0.2) is 4.98 Å². The minimum Gasteiger partial charge on any atom is -0.377 e. The highest BCUT2D eigenvalue weighted by molar-refractivity contribution is 6.29. The normalized spacial score (nSPS) is 22.6. The molecule has 5 heteroatoms. The van der Waals surface area contributed by atoms with Crippen molar-refractivity contribution in [3.8, 4) is 0 Å². The van der Waals surface area contributed by atoms with E-state index in [1.165, 1.54) is 6.42 Å². The Kier molecular flexibility index (Phi) is 3.84. The molecule has 0 saturated carbocycles. The summed E-state index contributed by atoms with van der Waals surface area (Å²) in [6.45, 7) is 3.77. The minimum absolute atomic E-state index is 0.343. The molecule has 2 atom stereocenters. The molecule has 90 valence electrons. The van der Waals surface area contributed by atoms with Crippen molar-refractivity contribution in [2.45, 2.75) is 38.5 Å². The smallest absolute Gasteiger partial charge is 0.128 e. The zero-order valence-electron chi connectivity index (χ0n) is 9.74. The van der Waals surface area contributed by atoms with Crippen molar-refractivity contribution in [2.75, 3.05) is 6.61 Å². The summed E-state index contributed by atoms with van der Waals surface area (Å²) in [4.78, 5) is 4.24. The molecule has 0 spiro atoms. The molecule has 0 amide bonds. The van der Waals surface area contributed by atoms with Gasteiger partial charge in [0.25, 0.3) is 0 Å². The molecule has 16 heavy (non-hydrogen) atoms. The van der Waals surface area contributed by atoms with E-state index in [4.69, 9.17) is 16.3 Å². The van der Waals surface area contributed by atoms with Crippen molar-refractivity contribution < 1.29 is 4.74 Å². The quantitative estimate of drug-likeness (QED) is 0.876. The fraction of sp³-hybridized carbons (Fsp3) is 0.727. The summed E-state index contributed by atoms with van der Waals surface area (Å²) in [5.41, 5.74) is 0. The zero-order chi connectivity index (χ0) is 11.5. The number of nitrogens with zero attached hydrogens (tertiary/aromatic N) is 2. The lowest BCUT2D eigenvalue weighted by Gasteiger charge is -2.19. The lowest BCUT2D eigenvalue weighted by molar-refractivity contribution is 0.0829. The molecule has 1 saturated heterocycles. The number of rotatable bonds is 4. The Morgan fingerprint density at radius 1 is 1.75 bits per heavy atom. The first-order valence-corrected chi connectivity index (χ1v) is 6.07. The molecule has 0 bridgehead atoms. The van der Waals surface area contributed by atoms with Crippen LogP contribution in [0.2, 0.25) is 5.15 Å². The number of ether oxygens (including phenoxy) is 1. The third-order valence-corrected chi connectivity index (χ3v) is 3.48. The number of aromatic nitrogens is 2. The van der Waals surface area contributed by atoms with Gasteiger partial charge in [0.1, 0.15) is 11.0 Å². The van der Waals surface area contributed by atoms with Gasteiger partial charge in [0.05, 0.1) is 18.8 Å². The van der Waals surface area contributed by atoms with E-state index < -0.39 is 0 Å². The van der Waals surface area contributed by atoms with Crippen molar-refractivity contribution in [2.24, 2.45) is 7.05 Å². The Bertz CT molecular complexity index is 347. The van der Waals surface area contributed by atoms with Crippen LogP contribution in [-0.2, 0) is 18.3 Å². The van der Waals surface area contributed by atoms with Gasteiger partial charge in [-0.1, -0.05) is 11.6 Å². The lowest BCUT2D eigenvalue weighted by atomic mass is 10.1. The average Bonchev–Trinajstić information content (AvgIpc) is 2.89. The number of nitrogens with one attached hydrogen (secondary N) is 1. The Morgan fingerprint density at radius 3 is 3.12 bits per heavy atom. The largest absolute Gasteiger partial charge is 0.377 e. The van der Waals surface area contributed by atoms with Gasteiger partial charge in [-0.15, -0.1) is 0 Å². The zero-order valence-corrected chi connectivity index (χ0v) is 10.5. The Labute approximate surface area is 101 Å². The SMILES string of the molecule is CC(NCc1ncc(Cl)n1C)C1CCCO1. The molecule has 0 aliphatic carbocycles. The van der Waals surface area contributed by atoms with Crippen LogP contribution in [0.3, 0.4) is 0 Å². The van der Waals surface area contributed by atoms with Crippen LogP contribution in [0.5, 0.6) is 0 Å². The standard InChI is InChI=1S/C11H18ClN3O/c1-8(9-4-3-5-16-9)13-7-11-14-6-10(12)15(11)2/h6,8-9,13H,3-5,7H2,1-2H3. The van der Waals surface area contributed by atoms with E-state index in [2.05, 4.69) is 17.2 Å². The number of imidazole rings is 1. The van der Waals surface area contributed by atoms with E-state index in [1.807, 2.05) is 11.6 Å². The van der Waals surface area contributed by atoms with E-state index in [0.717, 1.165) is 25.4 Å². The van der Waals surface area contributed by atoms with Crippen LogP contribution in [0.1, 0.15) is 25.6 Å². The van der Waals surface area contributed by atoms with Crippen LogP contribution in [-0.4, -0.2) is 28.3 Å². The van der Waals surface area contributed by atoms with E-state index in [1.54, 1.807) is 6.20 Å². The molecular formula is C11H18ClN3O. The summed E-state index contributed by atoms with van der Waals surface area (Å²) in [6.07, 6.45) is 4.34. The molecule has 1 aromatic heterocycles. The maximum Gasteiger partial charge on any atom is 0.128 e. The number of hydrogen-bond acceptors (Lipinski definition) is 3. The molecule has 1 fully saturated rings. The Hall–Kier alpha value is -0.580. The summed E-state index contributed by atoms with van der Waals surface area (Å²) in [6, 6.07) is 0.359. The predicted molar refractivity (Wildman–Crippen MR) is 63.5 cm³/mol. The van der Waals surface area contributed by atoms with Crippen LogP contribution in [0.15, 0.2) is 6.20 Å². The monoisotopic (exact) mass is 243 g/mol. The Morgan fingerprint density at radius 2 is 2.56 bits per heavy atom. The summed E-state index contributed by atoms with van der Waals surface area (Å²) in [7, 11) is 1.92. The fourth-order valence-corrected chi connectivity index (χ4v) is 2.12. The summed E-state index contributed by atoms with van der Waals surface area (Å²) in [5, 5.41) is 4.10. The first kappa shape index (κ1) is 11.9. The number of halogens is 1. The highest BCUT2D eigenvalue weighted by Gasteiger charge is 2.22. The van der Waals surface area contributed by atoms with Crippen molar-refractivity contribution in [1.82, 2.24) is 14.9 Å². The molecule has 1 aromatic rings. The summed E-state index contributed by atoms with van der Waals surface area (Å²) in [5.74, 6) is 0.954. The Balaban J connectivity index is 1.84. The second kappa shape index (κ2) is 5.17. The van der Waals surface area contributed by atoms with Crippen LogP contribution in [0, 0.1) is 0 Å². The van der Waals surface area contributed by atoms with E-state index >= 15 is 0 Å². The summed E-state index contributed by atoms with van der Waals surface area (Å²) < 4.78 is 7.51. The topological polar surface area (TPSA) is 39.1 Å². The molecule has 1 aliphatic rings. The first-order chi connectivity index (χ1) is 7.68. The molecule has 4 nitrogen and oxygen atoms in total. The molecule has 0 radical (unpaired) electrons. The maximum absolute atomic E-state index is 5.92. The van der Waals surface area contributed by atoms with Crippen LogP contribution >= 0.6 is 11.6 Å². The molecule has 1 N–H and O–H groups in total. The number of hydrogen-bond donors (Lipinski definition) is 1. The van der Waals surface area contributed by atoms with Gasteiger partial charge in [0.2, 0.25) is 0 Å². The van der Waals surface area contributed by atoms with Crippen molar-refractivity contribution in [3.05, 3.63) is 17.2 Å². The third kappa shape index (κ3) is 2.56. The lowest BCUT2D eigenvalue weighted by Crippen LogP contribution is -2.37. The second-order valence-corrected chi connectivity index (χ2v) is 4.66. The molecule has 0 aromatic carbocycles. The van der Waals surface area contributed by atoms with Crippen molar-refractivity contribution in [1.29, 1.82) is 0 Å². The van der Waals surface area contributed by atoms with Crippen molar-refractivity contribution >= 4 is 11.6 Å². The average molecular weight is 244 g/mol. The van der Waals surface area contributed by atoms with Crippen LogP contribution in [0.25, 0.3) is 0 Å². The van der Waals surface area contributed by atoms with Gasteiger partial charge in [-0.3, -0.25) is 0 Å². The third-order valence-electron chi connectivity index (χ3n) is 3.13. The maximum atomic E-state index is 5.92. The van der Waals surface area contributed by atoms with Gasteiger partial charge < -0.3 is 14.6 Å². The summed E-state index contributed by atoms with van der Waals surface area (Å²) >= 11 is 5.92. The van der Waals surface area contributed by atoms with Gasteiger partial charge in [0.15, 0.2) is 0 Å². The molecule has 1 aliphatic heterocycles. The van der Waals surface area contributed by atoms with Gasteiger partial charge in [-0.2, -0.15) is 0 Å². The van der Waals surface area contributed by atoms with E-state index in [-0.39, 0.29) is 0 Å². The second-order valence-electron chi connectivity index (χ2n) is 4.28. The van der Waals surface area contributed by atoms with Gasteiger partial charge >= 0.3 is 0 Å². The highest BCUT2D eigenvalue weighted by atomic mass is 35.5. The predicted octanol–water partition coefficient (Wildman–Crippen LogP) is 1.73. The first-order valence-electron chi connectivity index (χ1n) is 5.69. The molecule has 2 rings (SSSR count). The van der Waals surface area contributed by atoms with Crippen molar-refractivity contribution in [3.63, 3.8) is 0 Å². The molecule has 2 heterocycles. The van der Waals surface area contributed by atoms with E-state index in [9.17, 15) is 0 Å². The minimum atomic E-state index is 0.343. The van der Waals surface area contributed by atoms with Crippen LogP contribution in [0.4, 0.5) is 0 Å². The molecule has 2 unspecified atom stereocenters.